The first-order valence-corrected chi connectivity index (χ1v) is 6.10. The van der Waals surface area contributed by atoms with E-state index in [2.05, 4.69) is 10.2 Å². The van der Waals surface area contributed by atoms with Gasteiger partial charge in [0.15, 0.2) is 0 Å². The molecule has 1 fully saturated rings. The average Bonchev–Trinajstić information content (AvgIpc) is 2.39. The highest BCUT2D eigenvalue weighted by Gasteiger charge is 2.16. The molecule has 0 saturated carbocycles. The number of carbonyl (C=O) groups excluding carboxylic acids is 1. The molecular formula is C13H16N2O4. The fourth-order valence-corrected chi connectivity index (χ4v) is 1.99. The number of benzene rings is 1. The summed E-state index contributed by atoms with van der Waals surface area (Å²) in [6.07, 6.45) is -0.530. The predicted molar refractivity (Wildman–Crippen MR) is 70.4 cm³/mol. The lowest BCUT2D eigenvalue weighted by Crippen LogP contribution is -2.36. The summed E-state index contributed by atoms with van der Waals surface area (Å²) in [5.74, 6) is -1.66. The molecular weight excluding hydrogens is 248 g/mol. The number of rotatable bonds is 4. The molecule has 0 radical (unpaired) electrons. The lowest BCUT2D eigenvalue weighted by Gasteiger charge is -2.30. The first-order chi connectivity index (χ1) is 9.16. The van der Waals surface area contributed by atoms with Crippen molar-refractivity contribution in [2.45, 2.75) is 6.42 Å². The van der Waals surface area contributed by atoms with Crippen LogP contribution in [0.4, 0.5) is 11.4 Å². The third kappa shape index (κ3) is 3.69. The zero-order valence-corrected chi connectivity index (χ0v) is 10.5. The van der Waals surface area contributed by atoms with Crippen LogP contribution in [-0.4, -0.2) is 43.3 Å². The third-order valence-electron chi connectivity index (χ3n) is 2.84. The Hall–Kier alpha value is -2.08. The average molecular weight is 264 g/mol. The second-order valence-electron chi connectivity index (χ2n) is 4.24. The van der Waals surface area contributed by atoms with Gasteiger partial charge in [-0.25, -0.2) is 0 Å². The molecule has 1 saturated heterocycles. The minimum Gasteiger partial charge on any atom is -0.481 e. The van der Waals surface area contributed by atoms with Crippen molar-refractivity contribution in [3.05, 3.63) is 24.3 Å². The maximum Gasteiger partial charge on any atom is 0.312 e. The van der Waals surface area contributed by atoms with Crippen LogP contribution in [0, 0.1) is 0 Å². The number of carboxylic acid groups (broad SMARTS) is 1. The molecule has 0 unspecified atom stereocenters. The van der Waals surface area contributed by atoms with Gasteiger partial charge in [-0.05, 0) is 12.1 Å². The predicted octanol–water partition coefficient (Wildman–Crippen LogP) is 0.936. The van der Waals surface area contributed by atoms with Crippen LogP contribution in [0.5, 0.6) is 0 Å². The second kappa shape index (κ2) is 6.19. The van der Waals surface area contributed by atoms with Crippen LogP contribution < -0.4 is 10.2 Å². The molecule has 1 amide bonds. The number of hydrogen-bond donors (Lipinski definition) is 2. The van der Waals surface area contributed by atoms with Gasteiger partial charge in [0.05, 0.1) is 24.6 Å². The van der Waals surface area contributed by atoms with Gasteiger partial charge in [-0.15, -0.1) is 0 Å². The van der Waals surface area contributed by atoms with E-state index in [1.165, 1.54) is 0 Å². The maximum absolute atomic E-state index is 11.5. The molecule has 0 spiro atoms. The molecule has 1 aliphatic rings. The molecule has 102 valence electrons. The van der Waals surface area contributed by atoms with Gasteiger partial charge in [-0.1, -0.05) is 12.1 Å². The molecule has 2 rings (SSSR count). The highest BCUT2D eigenvalue weighted by Crippen LogP contribution is 2.26. The van der Waals surface area contributed by atoms with Crippen molar-refractivity contribution < 1.29 is 19.4 Å². The number of para-hydroxylation sites is 2. The van der Waals surface area contributed by atoms with E-state index < -0.39 is 18.3 Å². The third-order valence-corrected chi connectivity index (χ3v) is 2.84. The Morgan fingerprint density at radius 3 is 2.63 bits per heavy atom. The SMILES string of the molecule is O=C(O)CC(=O)Nc1ccccc1N1CCOCC1. The second-order valence-corrected chi connectivity index (χ2v) is 4.24. The Bertz CT molecular complexity index is 469. The monoisotopic (exact) mass is 264 g/mol. The van der Waals surface area contributed by atoms with E-state index >= 15 is 0 Å². The molecule has 0 aliphatic carbocycles. The van der Waals surface area contributed by atoms with Crippen molar-refractivity contribution >= 4 is 23.3 Å². The number of anilines is 2. The van der Waals surface area contributed by atoms with Gasteiger partial charge in [-0.2, -0.15) is 0 Å². The van der Waals surface area contributed by atoms with Crippen molar-refractivity contribution in [1.29, 1.82) is 0 Å². The summed E-state index contributed by atoms with van der Waals surface area (Å²) < 4.78 is 5.29. The summed E-state index contributed by atoms with van der Waals surface area (Å²) in [5.41, 5.74) is 1.53. The Labute approximate surface area is 111 Å². The number of nitrogens with one attached hydrogen (secondary N) is 1. The molecule has 1 heterocycles. The van der Waals surface area contributed by atoms with Crippen LogP contribution in [0.2, 0.25) is 0 Å². The van der Waals surface area contributed by atoms with E-state index in [-0.39, 0.29) is 0 Å². The standard InChI is InChI=1S/C13H16N2O4/c16-12(9-13(17)18)14-10-3-1-2-4-11(10)15-5-7-19-8-6-15/h1-4H,5-9H2,(H,14,16)(H,17,18). The molecule has 6 heteroatoms. The quantitative estimate of drug-likeness (QED) is 0.791. The van der Waals surface area contributed by atoms with Crippen molar-refractivity contribution in [3.63, 3.8) is 0 Å². The number of ether oxygens (including phenoxy) is 1. The molecule has 1 aromatic rings. The minimum atomic E-state index is -1.14. The number of carboxylic acids is 1. The summed E-state index contributed by atoms with van der Waals surface area (Å²) in [7, 11) is 0. The summed E-state index contributed by atoms with van der Waals surface area (Å²) in [6.45, 7) is 2.81. The van der Waals surface area contributed by atoms with Crippen LogP contribution in [0.1, 0.15) is 6.42 Å². The molecule has 1 aliphatic heterocycles. The van der Waals surface area contributed by atoms with Gasteiger partial charge in [-0.3, -0.25) is 9.59 Å². The number of carbonyl (C=O) groups is 2. The lowest BCUT2D eigenvalue weighted by molar-refractivity contribution is -0.139. The molecule has 0 atom stereocenters. The maximum atomic E-state index is 11.5. The summed E-state index contributed by atoms with van der Waals surface area (Å²) in [4.78, 5) is 24.1. The fourth-order valence-electron chi connectivity index (χ4n) is 1.99. The minimum absolute atomic E-state index is 0.520. The van der Waals surface area contributed by atoms with E-state index in [9.17, 15) is 9.59 Å². The molecule has 6 nitrogen and oxygen atoms in total. The van der Waals surface area contributed by atoms with Crippen LogP contribution in [-0.2, 0) is 14.3 Å². The Kier molecular flexibility index (Phi) is 4.35. The highest BCUT2D eigenvalue weighted by atomic mass is 16.5. The van der Waals surface area contributed by atoms with Gasteiger partial charge >= 0.3 is 5.97 Å². The topological polar surface area (TPSA) is 78.9 Å². The fraction of sp³-hybridized carbons (Fsp3) is 0.385. The molecule has 2 N–H and O–H groups in total. The number of aliphatic carboxylic acids is 1. The largest absolute Gasteiger partial charge is 0.481 e. The Morgan fingerprint density at radius 2 is 1.95 bits per heavy atom. The first-order valence-electron chi connectivity index (χ1n) is 6.10. The Morgan fingerprint density at radius 1 is 1.26 bits per heavy atom. The number of amides is 1. The van der Waals surface area contributed by atoms with Gasteiger partial charge in [0.2, 0.25) is 5.91 Å². The van der Waals surface area contributed by atoms with Crippen LogP contribution in [0.3, 0.4) is 0 Å². The highest BCUT2D eigenvalue weighted by molar-refractivity contribution is 6.02. The van der Waals surface area contributed by atoms with Gasteiger partial charge < -0.3 is 20.1 Å². The van der Waals surface area contributed by atoms with E-state index in [1.807, 2.05) is 12.1 Å². The number of nitrogens with zero attached hydrogens (tertiary/aromatic N) is 1. The summed E-state index contributed by atoms with van der Waals surface area (Å²) in [6, 6.07) is 7.37. The summed E-state index contributed by atoms with van der Waals surface area (Å²) in [5, 5.41) is 11.2. The van der Waals surface area contributed by atoms with Gasteiger partial charge in [0.1, 0.15) is 6.42 Å². The number of morpholine rings is 1. The van der Waals surface area contributed by atoms with Crippen molar-refractivity contribution in [1.82, 2.24) is 0 Å². The van der Waals surface area contributed by atoms with Crippen molar-refractivity contribution in [2.24, 2.45) is 0 Å². The van der Waals surface area contributed by atoms with Crippen molar-refractivity contribution in [2.75, 3.05) is 36.5 Å². The Balaban J connectivity index is 2.11. The molecule has 0 bridgehead atoms. The van der Waals surface area contributed by atoms with Crippen molar-refractivity contribution in [3.8, 4) is 0 Å². The number of hydrogen-bond acceptors (Lipinski definition) is 4. The summed E-state index contributed by atoms with van der Waals surface area (Å²) >= 11 is 0. The smallest absolute Gasteiger partial charge is 0.312 e. The van der Waals surface area contributed by atoms with Gasteiger partial charge in [0, 0.05) is 13.1 Å². The zero-order valence-electron chi connectivity index (χ0n) is 10.5. The van der Waals surface area contributed by atoms with Gasteiger partial charge in [0.25, 0.3) is 0 Å². The molecule has 0 aromatic heterocycles. The van der Waals surface area contributed by atoms with Crippen LogP contribution >= 0.6 is 0 Å². The normalized spacial score (nSPS) is 15.1. The van der Waals surface area contributed by atoms with E-state index in [0.717, 1.165) is 18.8 Å². The van der Waals surface area contributed by atoms with E-state index in [0.29, 0.717) is 18.9 Å². The molecule has 19 heavy (non-hydrogen) atoms. The van der Waals surface area contributed by atoms with Crippen LogP contribution in [0.25, 0.3) is 0 Å². The van der Waals surface area contributed by atoms with E-state index in [4.69, 9.17) is 9.84 Å². The molecule has 1 aromatic carbocycles. The van der Waals surface area contributed by atoms with Crippen LogP contribution in [0.15, 0.2) is 24.3 Å². The van der Waals surface area contributed by atoms with E-state index in [1.54, 1.807) is 12.1 Å². The zero-order chi connectivity index (χ0) is 13.7. The first kappa shape index (κ1) is 13.4. The lowest BCUT2D eigenvalue weighted by atomic mass is 10.2.